The van der Waals surface area contributed by atoms with Crippen LogP contribution < -0.4 is 9.62 Å². The van der Waals surface area contributed by atoms with Crippen LogP contribution in [0.15, 0.2) is 71.6 Å². The monoisotopic (exact) mass is 603 g/mol. The van der Waals surface area contributed by atoms with E-state index < -0.39 is 28.5 Å². The Morgan fingerprint density at radius 3 is 2.17 bits per heavy atom. The first-order chi connectivity index (χ1) is 18.8. The Hall–Kier alpha value is -3.07. The standard InChI is InChI=1S/C30H35Cl2N3O4S/c1-6-22(4)33-30(37)23(5)34(18-24-12-15-27(31)28(32)17-24)29(36)19-35(25-9-7-8-21(3)16-25)40(38,39)26-13-10-20(2)11-14-26/h7-17,22-23H,6,18-19H2,1-5H3,(H,33,37). The molecule has 0 saturated carbocycles. The fourth-order valence-electron chi connectivity index (χ4n) is 4.03. The van der Waals surface area contributed by atoms with Crippen LogP contribution in [-0.4, -0.2) is 43.8 Å². The van der Waals surface area contributed by atoms with Crippen LogP contribution in [0.3, 0.4) is 0 Å². The summed E-state index contributed by atoms with van der Waals surface area (Å²) in [7, 11) is -4.12. The van der Waals surface area contributed by atoms with Gasteiger partial charge in [-0.05, 0) is 81.6 Å². The van der Waals surface area contributed by atoms with Gasteiger partial charge < -0.3 is 10.2 Å². The Morgan fingerprint density at radius 2 is 1.57 bits per heavy atom. The zero-order valence-electron chi connectivity index (χ0n) is 23.3. The van der Waals surface area contributed by atoms with Gasteiger partial charge in [-0.15, -0.1) is 0 Å². The number of halogens is 2. The van der Waals surface area contributed by atoms with Crippen molar-refractivity contribution in [3.05, 3.63) is 93.5 Å². The molecule has 0 aromatic heterocycles. The van der Waals surface area contributed by atoms with E-state index in [9.17, 15) is 18.0 Å². The molecule has 214 valence electrons. The number of hydrogen-bond donors (Lipinski definition) is 1. The summed E-state index contributed by atoms with van der Waals surface area (Å²) in [5, 5.41) is 3.59. The Balaban J connectivity index is 2.04. The van der Waals surface area contributed by atoms with E-state index in [4.69, 9.17) is 23.2 Å². The van der Waals surface area contributed by atoms with E-state index in [2.05, 4.69) is 5.32 Å². The molecule has 10 heteroatoms. The smallest absolute Gasteiger partial charge is 0.264 e. The number of nitrogens with zero attached hydrogens (tertiary/aromatic N) is 2. The Morgan fingerprint density at radius 1 is 0.900 bits per heavy atom. The highest BCUT2D eigenvalue weighted by molar-refractivity contribution is 7.92. The van der Waals surface area contributed by atoms with Crippen molar-refractivity contribution in [2.45, 2.75) is 64.6 Å². The van der Waals surface area contributed by atoms with Gasteiger partial charge in [0, 0.05) is 12.6 Å². The molecule has 0 aliphatic rings. The van der Waals surface area contributed by atoms with E-state index in [0.717, 1.165) is 21.9 Å². The lowest BCUT2D eigenvalue weighted by molar-refractivity contribution is -0.139. The number of carbonyl (C=O) groups is 2. The molecule has 0 fully saturated rings. The van der Waals surface area contributed by atoms with E-state index in [-0.39, 0.29) is 23.4 Å². The molecule has 2 unspecified atom stereocenters. The minimum absolute atomic E-state index is 0.0249. The summed E-state index contributed by atoms with van der Waals surface area (Å²) in [6.45, 7) is 8.68. The lowest BCUT2D eigenvalue weighted by atomic mass is 10.1. The van der Waals surface area contributed by atoms with Gasteiger partial charge in [0.05, 0.1) is 20.6 Å². The second-order valence-electron chi connectivity index (χ2n) is 9.93. The number of amides is 2. The Labute approximate surface area is 247 Å². The van der Waals surface area contributed by atoms with Crippen molar-refractivity contribution in [2.75, 3.05) is 10.8 Å². The number of rotatable bonds is 11. The molecule has 0 aliphatic heterocycles. The second-order valence-corrected chi connectivity index (χ2v) is 12.6. The molecule has 0 spiro atoms. The molecule has 3 aromatic rings. The van der Waals surface area contributed by atoms with E-state index in [0.29, 0.717) is 21.3 Å². The zero-order valence-corrected chi connectivity index (χ0v) is 25.6. The van der Waals surface area contributed by atoms with Gasteiger partial charge in [0.25, 0.3) is 10.0 Å². The predicted molar refractivity (Wildman–Crippen MR) is 161 cm³/mol. The van der Waals surface area contributed by atoms with Gasteiger partial charge in [0.15, 0.2) is 0 Å². The lowest BCUT2D eigenvalue weighted by Gasteiger charge is -2.32. The molecule has 3 rings (SSSR count). The van der Waals surface area contributed by atoms with E-state index in [1.54, 1.807) is 55.5 Å². The maximum Gasteiger partial charge on any atom is 0.264 e. The molecular weight excluding hydrogens is 569 g/mol. The van der Waals surface area contributed by atoms with Crippen molar-refractivity contribution in [3.8, 4) is 0 Å². The summed E-state index contributed by atoms with van der Waals surface area (Å²) in [5.74, 6) is -0.888. The minimum Gasteiger partial charge on any atom is -0.352 e. The molecule has 0 bridgehead atoms. The van der Waals surface area contributed by atoms with Gasteiger partial charge in [-0.1, -0.05) is 66.0 Å². The van der Waals surface area contributed by atoms with Gasteiger partial charge in [0.1, 0.15) is 12.6 Å². The fraction of sp³-hybridized carbons (Fsp3) is 0.333. The summed E-state index contributed by atoms with van der Waals surface area (Å²) in [4.78, 5) is 28.5. The third-order valence-electron chi connectivity index (χ3n) is 6.68. The summed E-state index contributed by atoms with van der Waals surface area (Å²) >= 11 is 12.3. The van der Waals surface area contributed by atoms with Crippen LogP contribution in [0.4, 0.5) is 5.69 Å². The molecule has 0 radical (unpaired) electrons. The summed E-state index contributed by atoms with van der Waals surface area (Å²) in [5.41, 5.74) is 2.74. The van der Waals surface area contributed by atoms with Crippen molar-refractivity contribution in [1.82, 2.24) is 10.2 Å². The highest BCUT2D eigenvalue weighted by Gasteiger charge is 2.33. The number of sulfonamides is 1. The van der Waals surface area contributed by atoms with Crippen molar-refractivity contribution >= 4 is 50.7 Å². The van der Waals surface area contributed by atoms with Gasteiger partial charge in [-0.2, -0.15) is 0 Å². The molecule has 0 heterocycles. The first-order valence-corrected chi connectivity index (χ1v) is 15.2. The van der Waals surface area contributed by atoms with Crippen LogP contribution in [0.2, 0.25) is 10.0 Å². The highest BCUT2D eigenvalue weighted by atomic mass is 35.5. The Bertz CT molecular complexity index is 1460. The third-order valence-corrected chi connectivity index (χ3v) is 9.21. The van der Waals surface area contributed by atoms with Crippen LogP contribution in [0.5, 0.6) is 0 Å². The largest absolute Gasteiger partial charge is 0.352 e. The molecule has 2 atom stereocenters. The molecule has 0 aliphatic carbocycles. The average Bonchev–Trinajstić information content (AvgIpc) is 2.91. The molecule has 40 heavy (non-hydrogen) atoms. The first kappa shape index (κ1) is 31.5. The number of nitrogens with one attached hydrogen (secondary N) is 1. The van der Waals surface area contributed by atoms with Gasteiger partial charge in [0.2, 0.25) is 11.8 Å². The van der Waals surface area contributed by atoms with Crippen molar-refractivity contribution in [3.63, 3.8) is 0 Å². The third kappa shape index (κ3) is 7.77. The normalized spacial score (nSPS) is 12.9. The van der Waals surface area contributed by atoms with Crippen molar-refractivity contribution in [2.24, 2.45) is 0 Å². The van der Waals surface area contributed by atoms with Gasteiger partial charge >= 0.3 is 0 Å². The van der Waals surface area contributed by atoms with Gasteiger partial charge in [-0.3, -0.25) is 13.9 Å². The second kappa shape index (κ2) is 13.5. The molecule has 0 saturated heterocycles. The first-order valence-electron chi connectivity index (χ1n) is 13.0. The molecule has 1 N–H and O–H groups in total. The van der Waals surface area contributed by atoms with Crippen molar-refractivity contribution in [1.29, 1.82) is 0 Å². The average molecular weight is 605 g/mol. The summed E-state index contributed by atoms with van der Waals surface area (Å²) < 4.78 is 28.9. The quantitative estimate of drug-likeness (QED) is 0.285. The minimum atomic E-state index is -4.12. The SMILES string of the molecule is CCC(C)NC(=O)C(C)N(Cc1ccc(Cl)c(Cl)c1)C(=O)CN(c1cccc(C)c1)S(=O)(=O)c1ccc(C)cc1. The maximum atomic E-state index is 14.0. The van der Waals surface area contributed by atoms with Crippen LogP contribution in [0, 0.1) is 13.8 Å². The number of hydrogen-bond acceptors (Lipinski definition) is 4. The zero-order chi connectivity index (χ0) is 29.6. The van der Waals surface area contributed by atoms with E-state index in [1.807, 2.05) is 33.8 Å². The molecule has 7 nitrogen and oxygen atoms in total. The fourth-order valence-corrected chi connectivity index (χ4v) is 5.76. The van der Waals surface area contributed by atoms with Crippen molar-refractivity contribution < 1.29 is 18.0 Å². The number of aryl methyl sites for hydroxylation is 2. The molecule has 3 aromatic carbocycles. The van der Waals surface area contributed by atoms with E-state index >= 15 is 0 Å². The molecule has 2 amide bonds. The number of benzene rings is 3. The summed E-state index contributed by atoms with van der Waals surface area (Å²) in [6, 6.07) is 17.4. The maximum absolute atomic E-state index is 14.0. The van der Waals surface area contributed by atoms with Crippen LogP contribution >= 0.6 is 23.2 Å². The number of anilines is 1. The van der Waals surface area contributed by atoms with Gasteiger partial charge in [-0.25, -0.2) is 8.42 Å². The van der Waals surface area contributed by atoms with Crippen LogP contribution in [-0.2, 0) is 26.2 Å². The topological polar surface area (TPSA) is 86.8 Å². The number of carbonyl (C=O) groups excluding carboxylic acids is 2. The van der Waals surface area contributed by atoms with E-state index in [1.165, 1.54) is 17.0 Å². The lowest BCUT2D eigenvalue weighted by Crippen LogP contribution is -2.52. The Kier molecular flexibility index (Phi) is 10.6. The van der Waals surface area contributed by atoms with Crippen LogP contribution in [0.25, 0.3) is 0 Å². The van der Waals surface area contributed by atoms with Crippen LogP contribution in [0.1, 0.15) is 43.9 Å². The molecular formula is C30H35Cl2N3O4S. The highest BCUT2D eigenvalue weighted by Crippen LogP contribution is 2.27. The predicted octanol–water partition coefficient (Wildman–Crippen LogP) is 6.14. The summed E-state index contributed by atoms with van der Waals surface area (Å²) in [6.07, 6.45) is 0.717.